The van der Waals surface area contributed by atoms with Crippen LogP contribution >= 0.6 is 0 Å². The molecule has 1 atom stereocenters. The topological polar surface area (TPSA) is 159 Å². The fourth-order valence-corrected chi connectivity index (χ4v) is 3.31. The lowest BCUT2D eigenvalue weighted by Crippen LogP contribution is -2.30. The minimum Gasteiger partial charge on any atom is -0.490 e. The second-order valence-corrected chi connectivity index (χ2v) is 8.82. The zero-order valence-electron chi connectivity index (χ0n) is 23.1. The number of amidine groups is 1. The number of rotatable bonds is 11. The summed E-state index contributed by atoms with van der Waals surface area (Å²) in [6.45, 7) is 6.23. The van der Waals surface area contributed by atoms with Gasteiger partial charge in [-0.1, -0.05) is 36.4 Å². The summed E-state index contributed by atoms with van der Waals surface area (Å²) < 4.78 is 43.4. The highest BCUT2D eigenvalue weighted by Crippen LogP contribution is 2.33. The smallest absolute Gasteiger partial charge is 0.490 e. The number of alkyl halides is 3. The number of carboxylic acids is 1. The standard InChI is InChI=1S/C27H31N5O3.C2HF3O2/c1-4-34-24-16-21(12-15-23(24)35-18(2)3)25(31-22-13-10-20(11-14-22)26(28)29)27(33)32-30-17-19-8-6-5-7-9-19;3-2(4,5)1(6)7/h5-18,25,31H,4H2,1-3H3,(H3,28,29)(H,32,33);(H,6,7)/b30-17+;. The summed E-state index contributed by atoms with van der Waals surface area (Å²) in [5, 5.41) is 22.1. The van der Waals surface area contributed by atoms with Crippen LogP contribution < -0.4 is 25.9 Å². The predicted molar refractivity (Wildman–Crippen MR) is 153 cm³/mol. The van der Waals surface area contributed by atoms with Crippen molar-refractivity contribution in [2.45, 2.75) is 39.1 Å². The molecule has 3 aromatic rings. The Morgan fingerprint density at radius 2 is 1.67 bits per heavy atom. The summed E-state index contributed by atoms with van der Waals surface area (Å²) >= 11 is 0. The zero-order chi connectivity index (χ0) is 31.3. The van der Waals surface area contributed by atoms with Gasteiger partial charge in [-0.3, -0.25) is 10.2 Å². The molecule has 0 aliphatic rings. The van der Waals surface area contributed by atoms with Gasteiger partial charge >= 0.3 is 12.1 Å². The second-order valence-electron chi connectivity index (χ2n) is 8.82. The fraction of sp³-hybridized carbons (Fsp3) is 0.241. The van der Waals surface area contributed by atoms with E-state index in [1.807, 2.05) is 57.2 Å². The largest absolute Gasteiger partial charge is 0.490 e. The molecule has 6 N–H and O–H groups in total. The number of nitrogens with one attached hydrogen (secondary N) is 3. The van der Waals surface area contributed by atoms with E-state index in [-0.39, 0.29) is 17.8 Å². The summed E-state index contributed by atoms with van der Waals surface area (Å²) in [6, 6.07) is 21.1. The van der Waals surface area contributed by atoms with Crippen LogP contribution in [0.4, 0.5) is 18.9 Å². The van der Waals surface area contributed by atoms with Crippen molar-refractivity contribution >= 4 is 29.6 Å². The number of carboxylic acid groups (broad SMARTS) is 1. The van der Waals surface area contributed by atoms with Crippen molar-refractivity contribution in [3.8, 4) is 11.5 Å². The number of hydrogen-bond donors (Lipinski definition) is 5. The van der Waals surface area contributed by atoms with Crippen LogP contribution in [0, 0.1) is 5.41 Å². The number of benzene rings is 3. The van der Waals surface area contributed by atoms with Crippen LogP contribution in [0.25, 0.3) is 0 Å². The van der Waals surface area contributed by atoms with Gasteiger partial charge < -0.3 is 25.6 Å². The first-order valence-corrected chi connectivity index (χ1v) is 12.6. The van der Waals surface area contributed by atoms with Crippen LogP contribution in [0.1, 0.15) is 43.5 Å². The van der Waals surface area contributed by atoms with Gasteiger partial charge in [-0.15, -0.1) is 0 Å². The molecule has 0 spiro atoms. The third-order valence-electron chi connectivity index (χ3n) is 5.16. The molecule has 0 bridgehead atoms. The molecule has 0 aliphatic heterocycles. The van der Waals surface area contributed by atoms with Gasteiger partial charge in [0.25, 0.3) is 5.91 Å². The molecule has 0 heterocycles. The lowest BCUT2D eigenvalue weighted by molar-refractivity contribution is -0.192. The third kappa shape index (κ3) is 10.8. The van der Waals surface area contributed by atoms with Crippen LogP contribution in [-0.4, -0.2) is 47.9 Å². The van der Waals surface area contributed by atoms with Crippen LogP contribution in [-0.2, 0) is 9.59 Å². The van der Waals surface area contributed by atoms with Gasteiger partial charge in [-0.2, -0.15) is 18.3 Å². The number of aliphatic carboxylic acids is 1. The van der Waals surface area contributed by atoms with Crippen molar-refractivity contribution in [2.24, 2.45) is 10.8 Å². The van der Waals surface area contributed by atoms with Crippen molar-refractivity contribution in [3.05, 3.63) is 89.5 Å². The lowest BCUT2D eigenvalue weighted by atomic mass is 10.0. The number of anilines is 1. The maximum Gasteiger partial charge on any atom is 0.490 e. The van der Waals surface area contributed by atoms with Gasteiger partial charge in [0.05, 0.1) is 18.9 Å². The van der Waals surface area contributed by atoms with E-state index in [4.69, 9.17) is 30.5 Å². The predicted octanol–water partition coefficient (Wildman–Crippen LogP) is 5.09. The number of amides is 1. The first-order valence-electron chi connectivity index (χ1n) is 12.6. The fourth-order valence-electron chi connectivity index (χ4n) is 3.31. The van der Waals surface area contributed by atoms with E-state index in [1.54, 1.807) is 42.6 Å². The molecule has 0 saturated carbocycles. The number of nitrogen functional groups attached to an aromatic ring is 1. The van der Waals surface area contributed by atoms with Gasteiger partial charge in [0.2, 0.25) is 0 Å². The minimum atomic E-state index is -5.08. The Balaban J connectivity index is 0.000000782. The highest BCUT2D eigenvalue weighted by atomic mass is 19.4. The van der Waals surface area contributed by atoms with Crippen LogP contribution in [0.5, 0.6) is 11.5 Å². The molecule has 0 saturated heterocycles. The average Bonchev–Trinajstić information content (AvgIpc) is 2.93. The summed E-state index contributed by atoms with van der Waals surface area (Å²) in [7, 11) is 0. The molecule has 10 nitrogen and oxygen atoms in total. The molecular weight excluding hydrogens is 555 g/mol. The van der Waals surface area contributed by atoms with Gasteiger partial charge in [-0.05, 0) is 68.3 Å². The number of ether oxygens (including phenoxy) is 2. The number of halogens is 3. The molecule has 224 valence electrons. The highest BCUT2D eigenvalue weighted by Gasteiger charge is 2.38. The number of nitrogens with two attached hydrogens (primary N) is 1. The summed E-state index contributed by atoms with van der Waals surface area (Å²) in [5.74, 6) is -1.97. The molecule has 1 amide bonds. The van der Waals surface area contributed by atoms with Gasteiger partial charge in [-0.25, -0.2) is 10.2 Å². The van der Waals surface area contributed by atoms with E-state index in [0.717, 1.165) is 5.56 Å². The number of hydrogen-bond acceptors (Lipinski definition) is 7. The monoisotopic (exact) mass is 587 g/mol. The Morgan fingerprint density at radius 1 is 1.05 bits per heavy atom. The normalized spacial score (nSPS) is 11.7. The van der Waals surface area contributed by atoms with E-state index < -0.39 is 18.2 Å². The molecule has 42 heavy (non-hydrogen) atoms. The average molecular weight is 588 g/mol. The molecular formula is C29H32F3N5O5. The molecule has 3 rings (SSSR count). The first-order chi connectivity index (χ1) is 19.8. The number of carbonyl (C=O) groups excluding carboxylic acids is 1. The van der Waals surface area contributed by atoms with E-state index in [2.05, 4.69) is 15.8 Å². The number of nitrogens with zero attached hydrogens (tertiary/aromatic N) is 1. The van der Waals surface area contributed by atoms with E-state index >= 15 is 0 Å². The third-order valence-corrected chi connectivity index (χ3v) is 5.16. The lowest BCUT2D eigenvalue weighted by Gasteiger charge is -2.21. The van der Waals surface area contributed by atoms with E-state index in [1.165, 1.54) is 0 Å². The first kappa shape index (κ1) is 33.1. The van der Waals surface area contributed by atoms with Crippen molar-refractivity contribution in [2.75, 3.05) is 11.9 Å². The van der Waals surface area contributed by atoms with E-state index in [0.29, 0.717) is 34.9 Å². The van der Waals surface area contributed by atoms with Crippen molar-refractivity contribution in [3.63, 3.8) is 0 Å². The Kier molecular flexibility index (Phi) is 12.3. The maximum absolute atomic E-state index is 13.2. The van der Waals surface area contributed by atoms with Crippen LogP contribution in [0.3, 0.4) is 0 Å². The number of hydrazone groups is 1. The van der Waals surface area contributed by atoms with Gasteiger partial charge in [0.1, 0.15) is 11.9 Å². The van der Waals surface area contributed by atoms with Gasteiger partial charge in [0.15, 0.2) is 11.5 Å². The highest BCUT2D eigenvalue weighted by molar-refractivity contribution is 5.95. The molecule has 1 unspecified atom stereocenters. The van der Waals surface area contributed by atoms with Crippen LogP contribution in [0.15, 0.2) is 77.9 Å². The van der Waals surface area contributed by atoms with Crippen molar-refractivity contribution < 1.29 is 37.3 Å². The summed E-state index contributed by atoms with van der Waals surface area (Å²) in [6.07, 6.45) is -3.52. The van der Waals surface area contributed by atoms with Crippen LogP contribution in [0.2, 0.25) is 0 Å². The SMILES string of the molecule is CCOc1cc(C(Nc2ccc(C(=N)N)cc2)C(=O)N/N=C/c2ccccc2)ccc1OC(C)C.O=C(O)C(F)(F)F. The number of carbonyl (C=O) groups is 2. The molecule has 0 aromatic heterocycles. The minimum absolute atomic E-state index is 0.0237. The summed E-state index contributed by atoms with van der Waals surface area (Å²) in [4.78, 5) is 22.1. The van der Waals surface area contributed by atoms with Crippen molar-refractivity contribution in [1.29, 1.82) is 5.41 Å². The Bertz CT molecular complexity index is 1360. The Morgan fingerprint density at radius 3 is 2.19 bits per heavy atom. The quantitative estimate of drug-likeness (QED) is 0.119. The maximum atomic E-state index is 13.2. The Labute approximate surface area is 240 Å². The molecule has 0 aliphatic carbocycles. The van der Waals surface area contributed by atoms with E-state index in [9.17, 15) is 18.0 Å². The van der Waals surface area contributed by atoms with Crippen molar-refractivity contribution in [1.82, 2.24) is 5.43 Å². The Hall–Kier alpha value is -5.07. The molecule has 13 heteroatoms. The van der Waals surface area contributed by atoms with Gasteiger partial charge in [0, 0.05) is 11.3 Å². The summed E-state index contributed by atoms with van der Waals surface area (Å²) in [5.41, 5.74) is 11.0. The molecule has 0 radical (unpaired) electrons. The second kappa shape index (κ2) is 15.6. The molecule has 0 fully saturated rings. The molecule has 3 aromatic carbocycles. The zero-order valence-corrected chi connectivity index (χ0v) is 23.1.